The quantitative estimate of drug-likeness (QED) is 0.0134. The maximum atomic E-state index is 11.5. The predicted octanol–water partition coefficient (Wildman–Crippen LogP) is 8.20. The number of alkyl halides is 1. The summed E-state index contributed by atoms with van der Waals surface area (Å²) in [6.07, 6.45) is 4.13. The fourth-order valence-electron chi connectivity index (χ4n) is 8.10. The van der Waals surface area contributed by atoms with Crippen LogP contribution in [0.2, 0.25) is 0 Å². The number of methoxy groups -OCH3 is 4. The first kappa shape index (κ1) is 88.6. The average molecular weight is 1460 g/mol. The smallest absolute Gasteiger partial charge is 0.748 e. The van der Waals surface area contributed by atoms with E-state index in [2.05, 4.69) is 77.1 Å². The molecule has 0 aliphatic carbocycles. The fraction of sp³-hybridized carbons (Fsp3) is 0.573. The monoisotopic (exact) mass is 1460 g/mol. The molecule has 0 spiro atoms. The summed E-state index contributed by atoms with van der Waals surface area (Å²) in [6, 6.07) is 14.6. The van der Waals surface area contributed by atoms with E-state index < -0.39 is 15.9 Å². The van der Waals surface area contributed by atoms with Crippen LogP contribution in [0.25, 0.3) is 0 Å². The van der Waals surface area contributed by atoms with Gasteiger partial charge in [-0.25, -0.2) is 8.42 Å². The van der Waals surface area contributed by atoms with Crippen molar-refractivity contribution in [1.29, 1.82) is 0 Å². The summed E-state index contributed by atoms with van der Waals surface area (Å²) >= 11 is 3.56. The van der Waals surface area contributed by atoms with Gasteiger partial charge in [0, 0.05) is 87.4 Å². The van der Waals surface area contributed by atoms with Crippen LogP contribution in [0.5, 0.6) is 46.0 Å². The van der Waals surface area contributed by atoms with Crippen LogP contribution in [0.1, 0.15) is 130 Å². The molecule has 0 aromatic heterocycles. The maximum absolute atomic E-state index is 11.5. The van der Waals surface area contributed by atoms with Gasteiger partial charge in [0.25, 0.3) is 0 Å². The molecule has 0 atom stereocenters. The van der Waals surface area contributed by atoms with Gasteiger partial charge in [-0.2, -0.15) is 0 Å². The van der Waals surface area contributed by atoms with Gasteiger partial charge in [0.15, 0.2) is 0 Å². The molecule has 20 nitrogen and oxygen atoms in total. The Bertz CT molecular complexity index is 3260. The van der Waals surface area contributed by atoms with Crippen molar-refractivity contribution in [3.8, 4) is 93.4 Å². The molecule has 0 heterocycles. The van der Waals surface area contributed by atoms with Gasteiger partial charge in [-0.3, -0.25) is 0 Å². The van der Waals surface area contributed by atoms with E-state index in [0.29, 0.717) is 183 Å². The minimum atomic E-state index is -4.46. The van der Waals surface area contributed by atoms with Gasteiger partial charge in [-0.05, 0) is 64.9 Å². The molecule has 0 N–H and O–H groups in total. The first-order chi connectivity index (χ1) is 46.9. The molecule has 0 aliphatic heterocycles. The second-order valence-electron chi connectivity index (χ2n) is 22.7. The summed E-state index contributed by atoms with van der Waals surface area (Å²) in [5, 5.41) is 0.700. The molecule has 0 amide bonds. The van der Waals surface area contributed by atoms with Crippen LogP contribution in [-0.4, -0.2) is 211 Å². The topological polar surface area (TPSA) is 208 Å². The molecule has 0 fully saturated rings. The second-order valence-corrected chi connectivity index (χ2v) is 25.0. The van der Waals surface area contributed by atoms with Crippen molar-refractivity contribution in [2.24, 2.45) is 5.92 Å². The van der Waals surface area contributed by atoms with E-state index >= 15 is 0 Å². The summed E-state index contributed by atoms with van der Waals surface area (Å²) in [7, 11) is 8.00. The van der Waals surface area contributed by atoms with E-state index in [1.54, 1.807) is 40.6 Å². The van der Waals surface area contributed by atoms with E-state index in [9.17, 15) is 13.0 Å². The Hall–Kier alpha value is -5.45. The number of nitrogens with zero attached hydrogens (tertiary/aromatic N) is 1. The first-order valence-corrected chi connectivity index (χ1v) is 35.8. The van der Waals surface area contributed by atoms with Crippen molar-refractivity contribution < 1.29 is 118 Å². The maximum Gasteiger partial charge on any atom is 1.00 e. The van der Waals surface area contributed by atoms with Gasteiger partial charge in [0.1, 0.15) is 72.4 Å². The molecule has 4 aromatic carbocycles. The van der Waals surface area contributed by atoms with Gasteiger partial charge in [0.05, 0.1) is 155 Å². The predicted molar refractivity (Wildman–Crippen MR) is 381 cm³/mol. The molecule has 0 saturated heterocycles. The van der Waals surface area contributed by atoms with Crippen molar-refractivity contribution in [3.05, 3.63) is 93.0 Å². The van der Waals surface area contributed by atoms with Crippen molar-refractivity contribution in [1.82, 2.24) is 4.90 Å². The first-order valence-electron chi connectivity index (χ1n) is 33.1. The number of ether oxygens (including phenoxy) is 16. The van der Waals surface area contributed by atoms with E-state index in [-0.39, 0.29) is 94.1 Å². The third-order valence-corrected chi connectivity index (χ3v) is 14.3. The van der Waals surface area contributed by atoms with Crippen LogP contribution in [0.4, 0.5) is 0 Å². The van der Waals surface area contributed by atoms with Crippen LogP contribution in [0.15, 0.2) is 48.5 Å². The van der Waals surface area contributed by atoms with E-state index in [4.69, 9.17) is 75.8 Å². The summed E-state index contributed by atoms with van der Waals surface area (Å²) in [5.74, 6) is 30.0. The van der Waals surface area contributed by atoms with Gasteiger partial charge in [-0.15, -0.1) is 0 Å². The van der Waals surface area contributed by atoms with Gasteiger partial charge in [-0.1, -0.05) is 118 Å². The minimum Gasteiger partial charge on any atom is -0.748 e. The standard InChI is InChI=1S/C72H97BrO19S.C3H9N.Na/c1-11-13-26-85-65-48-59(66(86-28-15-25-73)49-58(65)19-21-60-50-67(89-42-38-81-34-30-77-7)57(18-17-55(3)4)47-68(60)90-43-39-82-35-31-78-8)20-22-61-51-70(92-45-41-84-37-33-80-10)62(52-69(61)91-44-40-83-36-32-79-9)23-24-63-53-72(88-27-14-12-2)64(56(5)6)54-71(63)87-29-16-46-93(74,75)76;1-4(2)3;/h47-56H,11-16,25-46H2,1-10H3,(H,74,75,76);1-3H3;/q;;+1/p-1. The average Bonchev–Trinajstić information content (AvgIpc) is 0.819. The van der Waals surface area contributed by atoms with Crippen molar-refractivity contribution in [2.45, 2.75) is 86.0 Å². The normalized spacial score (nSPS) is 10.8. The number of unbranched alkanes of at least 4 members (excludes halogenated alkanes) is 2. The number of hydrogen-bond donors (Lipinski definition) is 0. The Balaban J connectivity index is 0.00000635. The number of hydrogen-bond acceptors (Lipinski definition) is 20. The molecule has 0 radical (unpaired) electrons. The molecular weight excluding hydrogens is 1350 g/mol. The summed E-state index contributed by atoms with van der Waals surface area (Å²) in [5.41, 5.74) is 4.49. The Morgan fingerprint density at radius 2 is 0.643 bits per heavy atom. The van der Waals surface area contributed by atoms with Crippen molar-refractivity contribution >= 4 is 26.0 Å². The zero-order valence-electron chi connectivity index (χ0n) is 60.6. The van der Waals surface area contributed by atoms with Crippen LogP contribution in [0.3, 0.4) is 0 Å². The molecular formula is C75H105BrNNaO19S. The molecule has 0 bridgehead atoms. The number of rotatable bonds is 46. The van der Waals surface area contributed by atoms with Crippen LogP contribution >= 0.6 is 15.9 Å². The van der Waals surface area contributed by atoms with Crippen LogP contribution in [0, 0.1) is 53.3 Å². The third-order valence-electron chi connectivity index (χ3n) is 13.0. The van der Waals surface area contributed by atoms with E-state index in [0.717, 1.165) is 31.2 Å². The molecule has 0 aliphatic rings. The Kier molecular flexibility index (Phi) is 49.1. The molecule has 98 heavy (non-hydrogen) atoms. The molecule has 538 valence electrons. The van der Waals surface area contributed by atoms with Crippen molar-refractivity contribution in [3.63, 3.8) is 0 Å². The second kappa shape index (κ2) is 54.3. The van der Waals surface area contributed by atoms with Crippen LogP contribution in [-0.2, 0) is 48.0 Å². The SMILES string of the molecule is CCCCOc1cc(C#Cc2cc(OCCOCCOC)c(C#Cc3cc(OCCCC)c(C(C)C)cc3OCCCS(=O)(=O)[O-])cc2OCCOCCOC)c(OCCCBr)cc1C#Cc1cc(OCCOCCOC)c(C#CC(C)C)cc1OCCOCCOC.CN(C)C.[Na+]. The van der Waals surface area contributed by atoms with Crippen molar-refractivity contribution in [2.75, 3.05) is 193 Å². The summed E-state index contributed by atoms with van der Waals surface area (Å²) < 4.78 is 130. The summed E-state index contributed by atoms with van der Waals surface area (Å²) in [6.45, 7) is 18.7. The molecule has 4 rings (SSSR count). The van der Waals surface area contributed by atoms with E-state index in [1.165, 1.54) is 0 Å². The number of benzene rings is 4. The number of halogens is 1. The minimum absolute atomic E-state index is 0. The fourth-order valence-corrected chi connectivity index (χ4v) is 8.80. The summed E-state index contributed by atoms with van der Waals surface area (Å²) in [4.78, 5) is 2.00. The third kappa shape index (κ3) is 38.4. The Morgan fingerprint density at radius 1 is 0.388 bits per heavy atom. The zero-order chi connectivity index (χ0) is 70.9. The van der Waals surface area contributed by atoms with Gasteiger partial charge >= 0.3 is 29.6 Å². The Morgan fingerprint density at radius 3 is 0.918 bits per heavy atom. The molecule has 0 unspecified atom stereocenters. The molecule has 4 aromatic rings. The largest absolute Gasteiger partial charge is 1.00 e. The van der Waals surface area contributed by atoms with Crippen LogP contribution < -0.4 is 67.5 Å². The van der Waals surface area contributed by atoms with E-state index in [1.807, 2.05) is 90.1 Å². The molecule has 0 saturated carbocycles. The molecule has 23 heteroatoms. The van der Waals surface area contributed by atoms with Gasteiger partial charge in [0.2, 0.25) is 0 Å². The Labute approximate surface area is 616 Å². The van der Waals surface area contributed by atoms with Gasteiger partial charge < -0.3 is 85.2 Å². The zero-order valence-corrected chi connectivity index (χ0v) is 65.0.